The molecule has 0 amide bonds. The van der Waals surface area contributed by atoms with Gasteiger partial charge in [-0.3, -0.25) is 0 Å². The summed E-state index contributed by atoms with van der Waals surface area (Å²) in [5, 5.41) is 3.55. The number of nitrogens with zero attached hydrogens (tertiary/aromatic N) is 1. The Balaban J connectivity index is 3.21. The van der Waals surface area contributed by atoms with Gasteiger partial charge in [0.1, 0.15) is 10.6 Å². The Morgan fingerprint density at radius 1 is 1.54 bits per heavy atom. The van der Waals surface area contributed by atoms with E-state index in [1.54, 1.807) is 13.8 Å². The molecule has 0 spiro atoms. The molecule has 0 saturated carbocycles. The summed E-state index contributed by atoms with van der Waals surface area (Å²) in [7, 11) is -3.50. The summed E-state index contributed by atoms with van der Waals surface area (Å²) in [5.74, 6) is 0.290. The van der Waals surface area contributed by atoms with Crippen LogP contribution >= 0.6 is 0 Å². The Bertz CT molecular complexity index is 374. The van der Waals surface area contributed by atoms with E-state index in [2.05, 4.69) is 16.8 Å². The van der Waals surface area contributed by atoms with Crippen molar-refractivity contribution in [2.75, 3.05) is 6.54 Å². The molecule has 73 valence electrons. The molecule has 0 fully saturated rings. The smallest absolute Gasteiger partial charge is 0.245 e. The quantitative estimate of drug-likeness (QED) is 0.772. The molecule has 1 aromatic heterocycles. The van der Waals surface area contributed by atoms with Gasteiger partial charge in [-0.25, -0.2) is 13.1 Å². The van der Waals surface area contributed by atoms with Gasteiger partial charge in [-0.1, -0.05) is 5.16 Å². The Labute approximate surface area is 77.2 Å². The van der Waals surface area contributed by atoms with Crippen molar-refractivity contribution in [3.8, 4) is 0 Å². The molecular formula is C7H11N2O3S. The van der Waals surface area contributed by atoms with Gasteiger partial charge in [0.05, 0.1) is 0 Å². The number of aryl methyl sites for hydroxylation is 2. The molecule has 0 bridgehead atoms. The van der Waals surface area contributed by atoms with Gasteiger partial charge in [0, 0.05) is 6.54 Å². The van der Waals surface area contributed by atoms with Crippen LogP contribution in [0.3, 0.4) is 0 Å². The largest absolute Gasteiger partial charge is 0.360 e. The third-order valence-electron chi connectivity index (χ3n) is 1.53. The summed E-state index contributed by atoms with van der Waals surface area (Å²) in [6.07, 6.45) is 0. The third-order valence-corrected chi connectivity index (χ3v) is 3.23. The first-order chi connectivity index (χ1) is 5.99. The fraction of sp³-hybridized carbons (Fsp3) is 0.429. The standard InChI is InChI=1S/C7H11N2O3S/c1-4-8-13(10,11)7-5(2)9-12-6(7)3/h8H,1,4H2,2-3H3. The van der Waals surface area contributed by atoms with Gasteiger partial charge < -0.3 is 4.52 Å². The van der Waals surface area contributed by atoms with Crippen LogP contribution in [-0.4, -0.2) is 20.1 Å². The second-order valence-electron chi connectivity index (χ2n) is 2.55. The van der Waals surface area contributed by atoms with E-state index in [9.17, 15) is 8.42 Å². The summed E-state index contributed by atoms with van der Waals surface area (Å²) in [6, 6.07) is 0. The number of hydrogen-bond acceptors (Lipinski definition) is 4. The van der Waals surface area contributed by atoms with Crippen molar-refractivity contribution in [1.82, 2.24) is 9.88 Å². The van der Waals surface area contributed by atoms with Gasteiger partial charge in [0.2, 0.25) is 10.0 Å². The normalized spacial score (nSPS) is 11.9. The molecule has 0 aromatic carbocycles. The van der Waals surface area contributed by atoms with Crippen molar-refractivity contribution in [3.63, 3.8) is 0 Å². The lowest BCUT2D eigenvalue weighted by molar-refractivity contribution is 0.390. The first-order valence-electron chi connectivity index (χ1n) is 3.71. The Kier molecular flexibility index (Phi) is 2.72. The number of sulfonamides is 1. The molecule has 13 heavy (non-hydrogen) atoms. The molecule has 1 rings (SSSR count). The molecule has 0 aliphatic heterocycles. The van der Waals surface area contributed by atoms with Crippen molar-refractivity contribution in [2.45, 2.75) is 18.7 Å². The van der Waals surface area contributed by atoms with E-state index in [0.717, 1.165) is 0 Å². The van der Waals surface area contributed by atoms with Crippen molar-refractivity contribution in [2.24, 2.45) is 0 Å². The fourth-order valence-corrected chi connectivity index (χ4v) is 2.32. The van der Waals surface area contributed by atoms with Gasteiger partial charge in [0.15, 0.2) is 5.76 Å². The highest BCUT2D eigenvalue weighted by Gasteiger charge is 2.22. The highest BCUT2D eigenvalue weighted by molar-refractivity contribution is 7.89. The minimum Gasteiger partial charge on any atom is -0.360 e. The van der Waals surface area contributed by atoms with E-state index < -0.39 is 10.0 Å². The lowest BCUT2D eigenvalue weighted by atomic mass is 10.4. The second-order valence-corrected chi connectivity index (χ2v) is 4.25. The molecular weight excluding hydrogens is 192 g/mol. The zero-order chi connectivity index (χ0) is 10.1. The third kappa shape index (κ3) is 1.89. The maximum atomic E-state index is 11.5. The molecule has 1 aromatic rings. The van der Waals surface area contributed by atoms with E-state index in [4.69, 9.17) is 4.52 Å². The Morgan fingerprint density at radius 3 is 2.54 bits per heavy atom. The van der Waals surface area contributed by atoms with Crippen LogP contribution in [0, 0.1) is 20.8 Å². The van der Waals surface area contributed by atoms with Crippen LogP contribution in [0.2, 0.25) is 0 Å². The number of nitrogens with one attached hydrogen (secondary N) is 1. The summed E-state index contributed by atoms with van der Waals surface area (Å²) in [4.78, 5) is 0.108. The van der Waals surface area contributed by atoms with Crippen molar-refractivity contribution >= 4 is 10.0 Å². The predicted molar refractivity (Wildman–Crippen MR) is 46.5 cm³/mol. The zero-order valence-corrected chi connectivity index (χ0v) is 8.31. The van der Waals surface area contributed by atoms with E-state index >= 15 is 0 Å². The van der Waals surface area contributed by atoms with E-state index in [1.807, 2.05) is 0 Å². The predicted octanol–water partition coefficient (Wildman–Crippen LogP) is 0.404. The molecule has 0 unspecified atom stereocenters. The minimum absolute atomic E-state index is 0.104. The first kappa shape index (κ1) is 10.2. The highest BCUT2D eigenvalue weighted by Crippen LogP contribution is 2.17. The average Bonchev–Trinajstić information content (AvgIpc) is 2.31. The van der Waals surface area contributed by atoms with E-state index in [-0.39, 0.29) is 11.4 Å². The molecule has 5 nitrogen and oxygen atoms in total. The summed E-state index contributed by atoms with van der Waals surface area (Å²) in [6.45, 7) is 6.63. The molecule has 1 heterocycles. The zero-order valence-electron chi connectivity index (χ0n) is 7.49. The molecule has 1 N–H and O–H groups in total. The number of hydrogen-bond donors (Lipinski definition) is 1. The van der Waals surface area contributed by atoms with Gasteiger partial charge in [-0.2, -0.15) is 0 Å². The Hall–Kier alpha value is -0.880. The van der Waals surface area contributed by atoms with Gasteiger partial charge in [-0.05, 0) is 20.8 Å². The molecule has 0 aliphatic rings. The van der Waals surface area contributed by atoms with Crippen LogP contribution in [0.25, 0.3) is 0 Å². The number of rotatable bonds is 3. The lowest BCUT2D eigenvalue weighted by Gasteiger charge is -2.01. The molecule has 1 radical (unpaired) electrons. The summed E-state index contributed by atoms with van der Waals surface area (Å²) >= 11 is 0. The van der Waals surface area contributed by atoms with Crippen molar-refractivity contribution in [1.29, 1.82) is 0 Å². The average molecular weight is 203 g/mol. The SMILES string of the molecule is [CH2]CNS(=O)(=O)c1c(C)noc1C. The van der Waals surface area contributed by atoms with Crippen LogP contribution in [0.15, 0.2) is 9.42 Å². The number of aromatic nitrogens is 1. The van der Waals surface area contributed by atoms with Gasteiger partial charge in [-0.15, -0.1) is 0 Å². The molecule has 0 atom stereocenters. The maximum Gasteiger partial charge on any atom is 0.245 e. The molecule has 0 aliphatic carbocycles. The van der Waals surface area contributed by atoms with E-state index in [0.29, 0.717) is 11.5 Å². The summed E-state index contributed by atoms with van der Waals surface area (Å²) < 4.78 is 30.0. The van der Waals surface area contributed by atoms with Crippen LogP contribution in [0.5, 0.6) is 0 Å². The second kappa shape index (κ2) is 3.47. The maximum absolute atomic E-state index is 11.5. The van der Waals surface area contributed by atoms with Crippen molar-refractivity contribution in [3.05, 3.63) is 18.4 Å². The minimum atomic E-state index is -3.50. The van der Waals surface area contributed by atoms with Gasteiger partial charge >= 0.3 is 0 Å². The van der Waals surface area contributed by atoms with Crippen LogP contribution in [-0.2, 0) is 10.0 Å². The topological polar surface area (TPSA) is 72.2 Å². The van der Waals surface area contributed by atoms with E-state index in [1.165, 1.54) is 0 Å². The fourth-order valence-electron chi connectivity index (χ4n) is 1.06. The highest BCUT2D eigenvalue weighted by atomic mass is 32.2. The van der Waals surface area contributed by atoms with Crippen LogP contribution in [0.1, 0.15) is 11.5 Å². The molecule has 0 saturated heterocycles. The molecule has 6 heteroatoms. The van der Waals surface area contributed by atoms with Gasteiger partial charge in [0.25, 0.3) is 0 Å². The van der Waals surface area contributed by atoms with Crippen molar-refractivity contribution < 1.29 is 12.9 Å². The Morgan fingerprint density at radius 2 is 2.15 bits per heavy atom. The summed E-state index contributed by atoms with van der Waals surface area (Å²) in [5.41, 5.74) is 0.360. The first-order valence-corrected chi connectivity index (χ1v) is 5.19. The lowest BCUT2D eigenvalue weighted by Crippen LogP contribution is -2.24. The monoisotopic (exact) mass is 203 g/mol. The van der Waals surface area contributed by atoms with Crippen LogP contribution in [0.4, 0.5) is 0 Å². The van der Waals surface area contributed by atoms with Crippen LogP contribution < -0.4 is 4.72 Å².